The van der Waals surface area contributed by atoms with Crippen molar-refractivity contribution in [1.82, 2.24) is 14.9 Å². The Bertz CT molecular complexity index is 995. The number of carboxylic acid groups (broad SMARTS) is 1. The minimum absolute atomic E-state index is 0.0568. The van der Waals surface area contributed by atoms with E-state index in [4.69, 9.17) is 21.7 Å². The fraction of sp³-hybridized carbons (Fsp3) is 0.500. The van der Waals surface area contributed by atoms with Gasteiger partial charge in [-0.3, -0.25) is 19.0 Å². The minimum Gasteiger partial charge on any atom is -0.481 e. The van der Waals surface area contributed by atoms with Crippen molar-refractivity contribution < 1.29 is 14.7 Å². The summed E-state index contributed by atoms with van der Waals surface area (Å²) in [4.78, 5) is 41.4. The second-order valence-electron chi connectivity index (χ2n) is 8.40. The summed E-state index contributed by atoms with van der Waals surface area (Å²) >= 11 is 5.97. The lowest BCUT2D eigenvalue weighted by Gasteiger charge is -2.27. The Morgan fingerprint density at radius 3 is 2.47 bits per heavy atom. The minimum atomic E-state index is -0.773. The first-order chi connectivity index (χ1) is 15.4. The third kappa shape index (κ3) is 6.42. The van der Waals surface area contributed by atoms with Crippen molar-refractivity contribution in [3.8, 4) is 11.3 Å². The number of carbonyl (C=O) groups excluding carboxylic acids is 1. The number of aliphatic carboxylic acids is 1. The number of nitrogens with one attached hydrogen (secondary N) is 1. The van der Waals surface area contributed by atoms with Gasteiger partial charge in [0.2, 0.25) is 5.91 Å². The van der Waals surface area contributed by atoms with E-state index in [0.717, 1.165) is 24.8 Å². The van der Waals surface area contributed by atoms with Crippen molar-refractivity contribution in [1.29, 1.82) is 0 Å². The third-order valence-electron chi connectivity index (χ3n) is 5.97. The van der Waals surface area contributed by atoms with Gasteiger partial charge < -0.3 is 10.4 Å². The molecule has 1 saturated carbocycles. The molecule has 1 aromatic carbocycles. The van der Waals surface area contributed by atoms with E-state index in [1.165, 1.54) is 10.6 Å². The van der Waals surface area contributed by atoms with Crippen LogP contribution in [0, 0.1) is 5.92 Å². The Kier molecular flexibility index (Phi) is 8.45. The van der Waals surface area contributed by atoms with Crippen LogP contribution in [0.4, 0.5) is 0 Å². The lowest BCUT2D eigenvalue weighted by atomic mass is 9.86. The van der Waals surface area contributed by atoms with Crippen LogP contribution < -0.4 is 10.9 Å². The highest BCUT2D eigenvalue weighted by Gasteiger charge is 2.27. The Morgan fingerprint density at radius 1 is 1.16 bits per heavy atom. The third-order valence-corrected chi connectivity index (χ3v) is 6.23. The molecule has 2 N–H and O–H groups in total. The molecule has 1 fully saturated rings. The van der Waals surface area contributed by atoms with E-state index in [-0.39, 0.29) is 30.0 Å². The Morgan fingerprint density at radius 2 is 1.84 bits per heavy atom. The molecule has 0 unspecified atom stereocenters. The van der Waals surface area contributed by atoms with Gasteiger partial charge in [-0.25, -0.2) is 4.98 Å². The summed E-state index contributed by atoms with van der Waals surface area (Å²) in [5, 5.41) is 12.7. The summed E-state index contributed by atoms with van der Waals surface area (Å²) in [6.45, 7) is 2.02. The molecule has 0 radical (unpaired) electrons. The molecule has 8 heteroatoms. The van der Waals surface area contributed by atoms with Gasteiger partial charge in [-0.1, -0.05) is 43.5 Å². The van der Waals surface area contributed by atoms with E-state index in [1.807, 2.05) is 12.1 Å². The summed E-state index contributed by atoms with van der Waals surface area (Å²) in [5.41, 5.74) is 1.11. The van der Waals surface area contributed by atoms with E-state index in [0.29, 0.717) is 48.6 Å². The smallest absolute Gasteiger partial charge is 0.306 e. The van der Waals surface area contributed by atoms with E-state index < -0.39 is 5.97 Å². The van der Waals surface area contributed by atoms with Gasteiger partial charge in [0.25, 0.3) is 5.56 Å². The maximum absolute atomic E-state index is 12.9. The average Bonchev–Trinajstić information content (AvgIpc) is 2.77. The van der Waals surface area contributed by atoms with Gasteiger partial charge in [-0.15, -0.1) is 0 Å². The topological polar surface area (TPSA) is 101 Å². The number of amides is 1. The number of nitrogens with zero attached hydrogens (tertiary/aromatic N) is 2. The lowest BCUT2D eigenvalue weighted by Crippen LogP contribution is -2.42. The molecule has 0 atom stereocenters. The number of carboxylic acids is 1. The first kappa shape index (κ1) is 24.0. The first-order valence-electron chi connectivity index (χ1n) is 11.3. The molecule has 1 heterocycles. The van der Waals surface area contributed by atoms with E-state index >= 15 is 0 Å². The number of hydrogen-bond donors (Lipinski definition) is 2. The van der Waals surface area contributed by atoms with Crippen molar-refractivity contribution in [2.75, 3.05) is 0 Å². The van der Waals surface area contributed by atoms with Crippen molar-refractivity contribution in [3.05, 3.63) is 51.5 Å². The van der Waals surface area contributed by atoms with Crippen LogP contribution in [-0.4, -0.2) is 32.6 Å². The van der Waals surface area contributed by atoms with Gasteiger partial charge in [0.1, 0.15) is 12.4 Å². The number of rotatable bonds is 9. The Balaban J connectivity index is 1.75. The zero-order chi connectivity index (χ0) is 23.1. The molecule has 1 amide bonds. The normalized spacial score (nSPS) is 18.3. The zero-order valence-corrected chi connectivity index (χ0v) is 19.1. The predicted molar refractivity (Wildman–Crippen MR) is 124 cm³/mol. The molecule has 32 heavy (non-hydrogen) atoms. The Hall–Kier alpha value is -2.67. The molecule has 0 aliphatic heterocycles. The van der Waals surface area contributed by atoms with Crippen molar-refractivity contribution in [2.45, 2.75) is 70.9 Å². The van der Waals surface area contributed by atoms with Crippen LogP contribution in [0.25, 0.3) is 11.3 Å². The highest BCUT2D eigenvalue weighted by molar-refractivity contribution is 6.30. The molecule has 1 aromatic heterocycles. The van der Waals surface area contributed by atoms with Gasteiger partial charge in [0, 0.05) is 29.1 Å². The molecular formula is C24H30ClN3O4. The van der Waals surface area contributed by atoms with Crippen LogP contribution in [0.3, 0.4) is 0 Å². The highest BCUT2D eigenvalue weighted by atomic mass is 35.5. The number of carbonyl (C=O) groups is 2. The number of benzene rings is 1. The standard InChI is InChI=1S/C24H30ClN3O4/c1-2-3-4-5-21-27-20(16-6-10-18(25)11-7-16)14-23(30)28(21)15-22(29)26-19-12-8-17(9-13-19)24(31)32/h6-7,10-11,14,17,19H,2-5,8-9,12-13,15H2,1H3,(H,26,29)(H,31,32). The second kappa shape index (κ2) is 11.3. The molecular weight excluding hydrogens is 430 g/mol. The van der Waals surface area contributed by atoms with E-state index in [1.54, 1.807) is 12.1 Å². The van der Waals surface area contributed by atoms with Crippen LogP contribution in [0.1, 0.15) is 57.7 Å². The fourth-order valence-corrected chi connectivity index (χ4v) is 4.24. The van der Waals surface area contributed by atoms with Crippen molar-refractivity contribution >= 4 is 23.5 Å². The summed E-state index contributed by atoms with van der Waals surface area (Å²) < 4.78 is 1.45. The van der Waals surface area contributed by atoms with Crippen LogP contribution in [0.2, 0.25) is 5.02 Å². The Labute approximate surface area is 192 Å². The quantitative estimate of drug-likeness (QED) is 0.551. The fourth-order valence-electron chi connectivity index (χ4n) is 4.12. The molecule has 0 saturated heterocycles. The monoisotopic (exact) mass is 459 g/mol. The van der Waals surface area contributed by atoms with Crippen LogP contribution >= 0.6 is 11.6 Å². The second-order valence-corrected chi connectivity index (χ2v) is 8.84. The number of unbranched alkanes of at least 4 members (excludes halogenated alkanes) is 2. The molecule has 1 aliphatic rings. The summed E-state index contributed by atoms with van der Waals surface area (Å²) in [6, 6.07) is 8.56. The molecule has 2 aromatic rings. The van der Waals surface area contributed by atoms with Crippen molar-refractivity contribution in [2.24, 2.45) is 5.92 Å². The van der Waals surface area contributed by atoms with Gasteiger partial charge in [0.05, 0.1) is 11.6 Å². The average molecular weight is 460 g/mol. The van der Waals surface area contributed by atoms with Gasteiger partial charge in [-0.05, 0) is 44.2 Å². The maximum atomic E-state index is 12.9. The van der Waals surface area contributed by atoms with Crippen molar-refractivity contribution in [3.63, 3.8) is 0 Å². The molecule has 0 bridgehead atoms. The zero-order valence-electron chi connectivity index (χ0n) is 18.3. The molecule has 3 rings (SSSR count). The molecule has 7 nitrogen and oxygen atoms in total. The van der Waals surface area contributed by atoms with Gasteiger partial charge >= 0.3 is 5.97 Å². The largest absolute Gasteiger partial charge is 0.481 e. The van der Waals surface area contributed by atoms with Crippen LogP contribution in [0.15, 0.2) is 35.1 Å². The summed E-state index contributed by atoms with van der Waals surface area (Å²) in [6.07, 6.45) is 5.93. The molecule has 1 aliphatic carbocycles. The summed E-state index contributed by atoms with van der Waals surface area (Å²) in [7, 11) is 0. The SMILES string of the molecule is CCCCCc1nc(-c2ccc(Cl)cc2)cc(=O)n1CC(=O)NC1CCC(C(=O)O)CC1. The van der Waals surface area contributed by atoms with Crippen LogP contribution in [-0.2, 0) is 22.6 Å². The first-order valence-corrected chi connectivity index (χ1v) is 11.6. The lowest BCUT2D eigenvalue weighted by molar-refractivity contribution is -0.142. The van der Waals surface area contributed by atoms with Gasteiger partial charge in [-0.2, -0.15) is 0 Å². The number of aryl methyl sites for hydroxylation is 1. The predicted octanol–water partition coefficient (Wildman–Crippen LogP) is 4.06. The number of halogens is 1. The van der Waals surface area contributed by atoms with E-state index in [2.05, 4.69) is 12.2 Å². The highest BCUT2D eigenvalue weighted by Crippen LogP contribution is 2.24. The van der Waals surface area contributed by atoms with E-state index in [9.17, 15) is 14.4 Å². The molecule has 172 valence electrons. The van der Waals surface area contributed by atoms with Crippen LogP contribution in [0.5, 0.6) is 0 Å². The number of aromatic nitrogens is 2. The maximum Gasteiger partial charge on any atom is 0.306 e. The molecule has 0 spiro atoms. The summed E-state index contributed by atoms with van der Waals surface area (Å²) in [5.74, 6) is -0.755. The van der Waals surface area contributed by atoms with Gasteiger partial charge in [0.15, 0.2) is 0 Å². The number of hydrogen-bond acceptors (Lipinski definition) is 4.